The molecule has 0 radical (unpaired) electrons. The van der Waals surface area contributed by atoms with Crippen LogP contribution in [0.25, 0.3) is 0 Å². The first-order valence-corrected chi connectivity index (χ1v) is 8.04. The molecule has 116 valence electrons. The van der Waals surface area contributed by atoms with Gasteiger partial charge in [0.1, 0.15) is 5.82 Å². The van der Waals surface area contributed by atoms with Crippen LogP contribution in [0.2, 0.25) is 0 Å². The summed E-state index contributed by atoms with van der Waals surface area (Å²) in [5.74, 6) is 2.22. The van der Waals surface area contributed by atoms with Gasteiger partial charge in [-0.1, -0.05) is 34.1 Å². The van der Waals surface area contributed by atoms with Gasteiger partial charge in [0.2, 0.25) is 5.91 Å². The van der Waals surface area contributed by atoms with Crippen molar-refractivity contribution in [2.24, 2.45) is 16.7 Å². The van der Waals surface area contributed by atoms with E-state index in [0.29, 0.717) is 6.54 Å². The number of hydrogen-bond donors (Lipinski definition) is 1. The Morgan fingerprint density at radius 3 is 2.57 bits per heavy atom. The van der Waals surface area contributed by atoms with Crippen LogP contribution in [0.5, 0.6) is 0 Å². The molecule has 1 aliphatic carbocycles. The van der Waals surface area contributed by atoms with Crippen LogP contribution in [-0.4, -0.2) is 20.7 Å². The lowest BCUT2D eigenvalue weighted by Gasteiger charge is -2.09. The molecule has 1 N–H and O–H groups in total. The fraction of sp³-hybridized carbons (Fsp3) is 0.812. The normalized spacial score (nSPS) is 23.2. The largest absolute Gasteiger partial charge is 0.349 e. The van der Waals surface area contributed by atoms with Gasteiger partial charge in [-0.2, -0.15) is 0 Å². The molecule has 0 aromatic carbocycles. The monoisotopic (exact) mass is 290 g/mol. The van der Waals surface area contributed by atoms with Crippen LogP contribution in [-0.2, 0) is 24.3 Å². The molecule has 0 unspecified atom stereocenters. The highest BCUT2D eigenvalue weighted by Crippen LogP contribution is 2.68. The lowest BCUT2D eigenvalue weighted by Crippen LogP contribution is -2.28. The van der Waals surface area contributed by atoms with Gasteiger partial charge in [-0.05, 0) is 23.7 Å². The van der Waals surface area contributed by atoms with Gasteiger partial charge in [-0.3, -0.25) is 4.79 Å². The highest BCUT2D eigenvalue weighted by atomic mass is 16.2. The van der Waals surface area contributed by atoms with E-state index in [0.717, 1.165) is 24.6 Å². The number of fused-ring (bicyclic) bond motifs is 1. The fourth-order valence-electron chi connectivity index (χ4n) is 3.80. The molecule has 5 heteroatoms. The first kappa shape index (κ1) is 14.5. The number of aromatic nitrogens is 3. The number of carbonyl (C=O) groups is 1. The molecule has 0 spiro atoms. The third-order valence-corrected chi connectivity index (χ3v) is 5.89. The van der Waals surface area contributed by atoms with Gasteiger partial charge < -0.3 is 9.88 Å². The van der Waals surface area contributed by atoms with E-state index in [1.54, 1.807) is 0 Å². The third kappa shape index (κ3) is 2.27. The Morgan fingerprint density at radius 2 is 1.90 bits per heavy atom. The number of hydrogen-bond acceptors (Lipinski definition) is 3. The molecule has 1 aliphatic heterocycles. The molecule has 1 aromatic rings. The SMILES string of the molecule is CC1(C)C(C(=O)NCc2nnc3n2CCCCC3)C1(C)C. The summed E-state index contributed by atoms with van der Waals surface area (Å²) in [6, 6.07) is 0. The van der Waals surface area contributed by atoms with Gasteiger partial charge in [-0.25, -0.2) is 0 Å². The maximum absolute atomic E-state index is 12.4. The number of nitrogens with zero attached hydrogens (tertiary/aromatic N) is 3. The van der Waals surface area contributed by atoms with Crippen molar-refractivity contribution in [1.82, 2.24) is 20.1 Å². The second kappa shape index (κ2) is 4.82. The van der Waals surface area contributed by atoms with Crippen molar-refractivity contribution in [2.45, 2.75) is 66.5 Å². The molecule has 1 saturated carbocycles. The van der Waals surface area contributed by atoms with Crippen molar-refractivity contribution in [3.05, 3.63) is 11.6 Å². The third-order valence-electron chi connectivity index (χ3n) is 5.89. The van der Waals surface area contributed by atoms with Gasteiger partial charge in [0.05, 0.1) is 6.54 Å². The summed E-state index contributed by atoms with van der Waals surface area (Å²) in [6.45, 7) is 10.1. The van der Waals surface area contributed by atoms with Crippen LogP contribution in [0, 0.1) is 16.7 Å². The molecule has 2 aliphatic rings. The highest BCUT2D eigenvalue weighted by molar-refractivity contribution is 5.84. The molecule has 0 saturated heterocycles. The molecule has 1 amide bonds. The van der Waals surface area contributed by atoms with Crippen LogP contribution in [0.4, 0.5) is 0 Å². The van der Waals surface area contributed by atoms with Crippen LogP contribution in [0.3, 0.4) is 0 Å². The minimum absolute atomic E-state index is 0.0822. The van der Waals surface area contributed by atoms with Gasteiger partial charge in [0.15, 0.2) is 5.82 Å². The van der Waals surface area contributed by atoms with E-state index < -0.39 is 0 Å². The average molecular weight is 290 g/mol. The smallest absolute Gasteiger partial charge is 0.224 e. The number of carbonyl (C=O) groups excluding carboxylic acids is 1. The molecule has 0 bridgehead atoms. The van der Waals surface area contributed by atoms with Crippen LogP contribution in [0.15, 0.2) is 0 Å². The number of rotatable bonds is 3. The van der Waals surface area contributed by atoms with E-state index in [4.69, 9.17) is 0 Å². The fourth-order valence-corrected chi connectivity index (χ4v) is 3.80. The Labute approximate surface area is 126 Å². The molecule has 1 fully saturated rings. The summed E-state index contributed by atoms with van der Waals surface area (Å²) in [5, 5.41) is 11.6. The predicted octanol–water partition coefficient (Wildman–Crippen LogP) is 2.30. The van der Waals surface area contributed by atoms with E-state index in [1.807, 2.05) is 0 Å². The van der Waals surface area contributed by atoms with Crippen molar-refractivity contribution in [3.63, 3.8) is 0 Å². The number of nitrogens with one attached hydrogen (secondary N) is 1. The van der Waals surface area contributed by atoms with E-state index in [2.05, 4.69) is 47.8 Å². The maximum Gasteiger partial charge on any atom is 0.224 e. The van der Waals surface area contributed by atoms with E-state index in [-0.39, 0.29) is 22.7 Å². The quantitative estimate of drug-likeness (QED) is 0.929. The lowest BCUT2D eigenvalue weighted by molar-refractivity contribution is -0.123. The summed E-state index contributed by atoms with van der Waals surface area (Å²) in [7, 11) is 0. The minimum Gasteiger partial charge on any atom is -0.349 e. The van der Waals surface area contributed by atoms with Crippen molar-refractivity contribution >= 4 is 5.91 Å². The van der Waals surface area contributed by atoms with Crippen LogP contribution >= 0.6 is 0 Å². The van der Waals surface area contributed by atoms with Crippen LogP contribution < -0.4 is 5.32 Å². The maximum atomic E-state index is 12.4. The molecule has 5 nitrogen and oxygen atoms in total. The topological polar surface area (TPSA) is 59.8 Å². The summed E-state index contributed by atoms with van der Waals surface area (Å²) in [6.07, 6.45) is 4.62. The molecule has 3 rings (SSSR count). The molecule has 2 heterocycles. The summed E-state index contributed by atoms with van der Waals surface area (Å²) in [5.41, 5.74) is 0.164. The molecular weight excluding hydrogens is 264 g/mol. The second-order valence-corrected chi connectivity index (χ2v) is 7.59. The zero-order valence-corrected chi connectivity index (χ0v) is 13.6. The van der Waals surface area contributed by atoms with Crippen molar-refractivity contribution in [1.29, 1.82) is 0 Å². The van der Waals surface area contributed by atoms with Crippen LogP contribution in [0.1, 0.15) is 58.6 Å². The average Bonchev–Trinajstić information content (AvgIpc) is 2.70. The van der Waals surface area contributed by atoms with E-state index in [9.17, 15) is 4.79 Å². The zero-order valence-electron chi connectivity index (χ0n) is 13.6. The van der Waals surface area contributed by atoms with Gasteiger partial charge in [-0.15, -0.1) is 10.2 Å². The number of aryl methyl sites for hydroxylation is 1. The van der Waals surface area contributed by atoms with Crippen molar-refractivity contribution in [3.8, 4) is 0 Å². The highest BCUT2D eigenvalue weighted by Gasteiger charge is 2.68. The second-order valence-electron chi connectivity index (χ2n) is 7.59. The molecule has 1 aromatic heterocycles. The summed E-state index contributed by atoms with van der Waals surface area (Å²) < 4.78 is 2.19. The Bertz CT molecular complexity index is 545. The van der Waals surface area contributed by atoms with Gasteiger partial charge in [0.25, 0.3) is 0 Å². The predicted molar refractivity (Wildman–Crippen MR) is 80.5 cm³/mol. The van der Waals surface area contributed by atoms with Crippen molar-refractivity contribution in [2.75, 3.05) is 0 Å². The first-order valence-electron chi connectivity index (χ1n) is 8.04. The Balaban J connectivity index is 1.64. The standard InChI is InChI=1S/C16H26N4O/c1-15(2)13(16(15,3)4)14(21)17-10-12-19-18-11-8-6-5-7-9-20(11)12/h13H,5-10H2,1-4H3,(H,17,21). The molecule has 0 atom stereocenters. The molecular formula is C16H26N4O. The zero-order chi connectivity index (χ0) is 15.3. The summed E-state index contributed by atoms with van der Waals surface area (Å²) >= 11 is 0. The number of amides is 1. The Morgan fingerprint density at radius 1 is 1.19 bits per heavy atom. The first-order chi connectivity index (χ1) is 9.85. The lowest BCUT2D eigenvalue weighted by atomic mass is 10.0. The minimum atomic E-state index is 0.0822. The van der Waals surface area contributed by atoms with E-state index >= 15 is 0 Å². The molecule has 21 heavy (non-hydrogen) atoms. The Kier molecular flexibility index (Phi) is 3.34. The van der Waals surface area contributed by atoms with E-state index in [1.165, 1.54) is 19.3 Å². The van der Waals surface area contributed by atoms with Gasteiger partial charge >= 0.3 is 0 Å². The summed E-state index contributed by atoms with van der Waals surface area (Å²) in [4.78, 5) is 12.4. The Hall–Kier alpha value is -1.39. The van der Waals surface area contributed by atoms with Gasteiger partial charge in [0, 0.05) is 18.9 Å². The van der Waals surface area contributed by atoms with Crippen molar-refractivity contribution < 1.29 is 4.79 Å².